The molecule has 0 heterocycles. The standard InChI is InChI=1S/C11H21NO2/c1-10(2,3)8-4-11(5-8,7-12)6-9(13)14/h8H,4-7,12H2,1-3H3,(H,13,14). The zero-order valence-corrected chi connectivity index (χ0v) is 9.34. The Labute approximate surface area is 85.7 Å². The quantitative estimate of drug-likeness (QED) is 0.729. The van der Waals surface area contributed by atoms with E-state index in [0.717, 1.165) is 12.8 Å². The summed E-state index contributed by atoms with van der Waals surface area (Å²) >= 11 is 0. The highest BCUT2D eigenvalue weighted by molar-refractivity contribution is 5.68. The van der Waals surface area contributed by atoms with E-state index < -0.39 is 5.97 Å². The van der Waals surface area contributed by atoms with E-state index in [1.54, 1.807) is 0 Å². The first-order valence-electron chi connectivity index (χ1n) is 5.21. The van der Waals surface area contributed by atoms with Gasteiger partial charge in [-0.2, -0.15) is 0 Å². The van der Waals surface area contributed by atoms with Crippen LogP contribution in [0.15, 0.2) is 0 Å². The molecule has 0 aromatic rings. The van der Waals surface area contributed by atoms with Crippen LogP contribution in [-0.4, -0.2) is 17.6 Å². The second-order valence-electron chi connectivity index (χ2n) is 5.75. The third kappa shape index (κ3) is 2.27. The van der Waals surface area contributed by atoms with Crippen LogP contribution in [-0.2, 0) is 4.79 Å². The molecular formula is C11H21NO2. The Bertz CT molecular complexity index is 224. The molecule has 1 aliphatic rings. The highest BCUT2D eigenvalue weighted by atomic mass is 16.4. The van der Waals surface area contributed by atoms with Gasteiger partial charge in [0, 0.05) is 0 Å². The lowest BCUT2D eigenvalue weighted by molar-refractivity contribution is -0.143. The summed E-state index contributed by atoms with van der Waals surface area (Å²) in [5.41, 5.74) is 5.84. The molecule has 0 aromatic heterocycles. The zero-order valence-electron chi connectivity index (χ0n) is 9.34. The van der Waals surface area contributed by atoms with Crippen LogP contribution < -0.4 is 5.73 Å². The molecule has 0 bridgehead atoms. The first-order chi connectivity index (χ1) is 6.29. The Hall–Kier alpha value is -0.570. The molecule has 3 nitrogen and oxygen atoms in total. The monoisotopic (exact) mass is 199 g/mol. The molecule has 0 aliphatic heterocycles. The number of aliphatic carboxylic acids is 1. The van der Waals surface area contributed by atoms with Crippen molar-refractivity contribution in [3.8, 4) is 0 Å². The predicted molar refractivity (Wildman–Crippen MR) is 55.9 cm³/mol. The van der Waals surface area contributed by atoms with Gasteiger partial charge in [-0.05, 0) is 36.1 Å². The molecule has 0 saturated heterocycles. The summed E-state index contributed by atoms with van der Waals surface area (Å²) in [6.45, 7) is 7.13. The van der Waals surface area contributed by atoms with Crippen LogP contribution in [0.4, 0.5) is 0 Å². The van der Waals surface area contributed by atoms with E-state index >= 15 is 0 Å². The molecule has 0 spiro atoms. The molecule has 1 aliphatic carbocycles. The zero-order chi connectivity index (χ0) is 11.0. The second-order valence-corrected chi connectivity index (χ2v) is 5.75. The van der Waals surface area contributed by atoms with Crippen molar-refractivity contribution in [3.63, 3.8) is 0 Å². The van der Waals surface area contributed by atoms with E-state index in [4.69, 9.17) is 10.8 Å². The number of carboxylic acids is 1. The summed E-state index contributed by atoms with van der Waals surface area (Å²) < 4.78 is 0. The molecule has 14 heavy (non-hydrogen) atoms. The molecule has 82 valence electrons. The number of carbonyl (C=O) groups is 1. The van der Waals surface area contributed by atoms with Gasteiger partial charge in [-0.1, -0.05) is 20.8 Å². The van der Waals surface area contributed by atoms with Gasteiger partial charge in [-0.15, -0.1) is 0 Å². The third-order valence-corrected chi connectivity index (χ3v) is 3.54. The van der Waals surface area contributed by atoms with Crippen LogP contribution in [0.3, 0.4) is 0 Å². The molecule has 3 heteroatoms. The summed E-state index contributed by atoms with van der Waals surface area (Å²) in [4.78, 5) is 10.7. The Balaban J connectivity index is 2.53. The van der Waals surface area contributed by atoms with Crippen LogP contribution >= 0.6 is 0 Å². The highest BCUT2D eigenvalue weighted by Gasteiger charge is 2.48. The van der Waals surface area contributed by atoms with Crippen molar-refractivity contribution in [2.75, 3.05) is 6.54 Å². The summed E-state index contributed by atoms with van der Waals surface area (Å²) in [7, 11) is 0. The molecule has 0 amide bonds. The van der Waals surface area contributed by atoms with Crippen molar-refractivity contribution in [1.82, 2.24) is 0 Å². The lowest BCUT2D eigenvalue weighted by Crippen LogP contribution is -2.48. The largest absolute Gasteiger partial charge is 0.481 e. The first kappa shape index (κ1) is 11.5. The smallest absolute Gasteiger partial charge is 0.303 e. The molecule has 0 unspecified atom stereocenters. The van der Waals surface area contributed by atoms with Gasteiger partial charge in [-0.3, -0.25) is 4.79 Å². The lowest BCUT2D eigenvalue weighted by Gasteiger charge is -2.52. The van der Waals surface area contributed by atoms with Crippen LogP contribution in [0.5, 0.6) is 0 Å². The van der Waals surface area contributed by atoms with E-state index in [1.807, 2.05) is 0 Å². The number of nitrogens with two attached hydrogens (primary N) is 1. The van der Waals surface area contributed by atoms with Gasteiger partial charge < -0.3 is 10.8 Å². The van der Waals surface area contributed by atoms with Crippen molar-refractivity contribution in [1.29, 1.82) is 0 Å². The van der Waals surface area contributed by atoms with Crippen LogP contribution in [0.2, 0.25) is 0 Å². The Morgan fingerprint density at radius 1 is 1.50 bits per heavy atom. The van der Waals surface area contributed by atoms with Gasteiger partial charge in [0.1, 0.15) is 0 Å². The SMILES string of the molecule is CC(C)(C)C1CC(CN)(CC(=O)O)C1. The second kappa shape index (κ2) is 3.54. The van der Waals surface area contributed by atoms with Gasteiger partial charge in [0.25, 0.3) is 0 Å². The fourth-order valence-electron chi connectivity index (χ4n) is 2.30. The maximum absolute atomic E-state index is 10.7. The van der Waals surface area contributed by atoms with Gasteiger partial charge >= 0.3 is 5.97 Å². The van der Waals surface area contributed by atoms with Gasteiger partial charge in [0.15, 0.2) is 0 Å². The predicted octanol–water partition coefficient (Wildman–Crippen LogP) is 1.86. The molecule has 1 rings (SSSR count). The molecule has 1 fully saturated rings. The fourth-order valence-corrected chi connectivity index (χ4v) is 2.30. The van der Waals surface area contributed by atoms with E-state index in [1.165, 1.54) is 0 Å². The van der Waals surface area contributed by atoms with Crippen molar-refractivity contribution in [3.05, 3.63) is 0 Å². The number of hydrogen-bond acceptors (Lipinski definition) is 2. The maximum atomic E-state index is 10.7. The average Bonchev–Trinajstić information content (AvgIpc) is 1.93. The van der Waals surface area contributed by atoms with Gasteiger partial charge in [-0.25, -0.2) is 0 Å². The van der Waals surface area contributed by atoms with E-state index in [-0.39, 0.29) is 17.3 Å². The van der Waals surface area contributed by atoms with E-state index in [9.17, 15) is 4.79 Å². The summed E-state index contributed by atoms with van der Waals surface area (Å²) in [5.74, 6) is -0.0896. The summed E-state index contributed by atoms with van der Waals surface area (Å²) in [6.07, 6.45) is 2.18. The highest BCUT2D eigenvalue weighted by Crippen LogP contribution is 2.54. The summed E-state index contributed by atoms with van der Waals surface area (Å²) in [6, 6.07) is 0. The van der Waals surface area contributed by atoms with Crippen LogP contribution in [0.25, 0.3) is 0 Å². The minimum absolute atomic E-state index is 0.107. The van der Waals surface area contributed by atoms with Crippen molar-refractivity contribution < 1.29 is 9.90 Å². The molecule has 1 saturated carbocycles. The Morgan fingerprint density at radius 2 is 2.00 bits per heavy atom. The lowest BCUT2D eigenvalue weighted by atomic mass is 9.53. The topological polar surface area (TPSA) is 63.3 Å². The van der Waals surface area contributed by atoms with E-state index in [0.29, 0.717) is 12.5 Å². The van der Waals surface area contributed by atoms with E-state index in [2.05, 4.69) is 20.8 Å². The van der Waals surface area contributed by atoms with Crippen molar-refractivity contribution >= 4 is 5.97 Å². The fraction of sp³-hybridized carbons (Fsp3) is 0.909. The number of rotatable bonds is 3. The Morgan fingerprint density at radius 3 is 2.29 bits per heavy atom. The number of hydrogen-bond donors (Lipinski definition) is 2. The van der Waals surface area contributed by atoms with Gasteiger partial charge in [0.2, 0.25) is 0 Å². The molecule has 3 N–H and O–H groups in total. The molecule has 0 radical (unpaired) electrons. The molecule has 0 aromatic carbocycles. The van der Waals surface area contributed by atoms with Crippen LogP contribution in [0, 0.1) is 16.7 Å². The van der Waals surface area contributed by atoms with Crippen molar-refractivity contribution in [2.24, 2.45) is 22.5 Å². The third-order valence-electron chi connectivity index (χ3n) is 3.54. The normalized spacial score (nSPS) is 32.4. The summed E-state index contributed by atoms with van der Waals surface area (Å²) in [5, 5.41) is 8.78. The Kier molecular flexibility index (Phi) is 2.91. The average molecular weight is 199 g/mol. The maximum Gasteiger partial charge on any atom is 0.303 e. The minimum Gasteiger partial charge on any atom is -0.481 e. The number of carboxylic acid groups (broad SMARTS) is 1. The first-order valence-corrected chi connectivity index (χ1v) is 5.21. The van der Waals surface area contributed by atoms with Gasteiger partial charge in [0.05, 0.1) is 6.42 Å². The minimum atomic E-state index is -0.720. The molecular weight excluding hydrogens is 178 g/mol. The van der Waals surface area contributed by atoms with Crippen LogP contribution in [0.1, 0.15) is 40.0 Å². The van der Waals surface area contributed by atoms with Crippen molar-refractivity contribution in [2.45, 2.75) is 40.0 Å². The molecule has 0 atom stereocenters.